The first-order valence-electron chi connectivity index (χ1n) is 16.1. The summed E-state index contributed by atoms with van der Waals surface area (Å²) in [4.78, 5) is 28.1. The highest BCUT2D eigenvalue weighted by Gasteiger charge is 2.39. The van der Waals surface area contributed by atoms with Gasteiger partial charge in [-0.05, 0) is 78.6 Å². The van der Waals surface area contributed by atoms with E-state index in [4.69, 9.17) is 0 Å². The number of benzene rings is 2. The van der Waals surface area contributed by atoms with Crippen molar-refractivity contribution in [3.63, 3.8) is 0 Å². The molecule has 8 nitrogen and oxygen atoms in total. The lowest BCUT2D eigenvalue weighted by atomic mass is 9.81. The molecule has 0 saturated heterocycles. The summed E-state index contributed by atoms with van der Waals surface area (Å²) in [5.74, 6) is -1.52. The Hall–Kier alpha value is -3.10. The molecular formula is C34H54N4O4+2. The molecule has 0 aromatic heterocycles. The number of nitrogens with zero attached hydrogens (tertiary/aromatic N) is 2. The van der Waals surface area contributed by atoms with Crippen molar-refractivity contribution in [1.82, 2.24) is 0 Å². The number of likely N-dealkylation sites (N-methyl/N-ethyl adjacent to an activating group) is 2. The maximum absolute atomic E-state index is 14.1. The molecule has 0 heterocycles. The van der Waals surface area contributed by atoms with Crippen LogP contribution in [0.15, 0.2) is 24.3 Å². The van der Waals surface area contributed by atoms with E-state index in [1.165, 1.54) is 12.1 Å². The third-order valence-corrected chi connectivity index (χ3v) is 10.6. The maximum Gasteiger partial charge on any atom is 0.200 e. The standard InChI is InChI=1S/C34H52N4O4/c1-9-23(37(11-3,12-4)13-5)21-35-25-17-18-26(36-22-24(10-2)38(14-6,15-7)16-8)30-29(25)33(41)31-27(39)19-20-28(40)32(31)34(30)42/h17-20,23-24H,9-16,21-22H2,1-8H3,(H2-2,35,36,39,40,41,42)/p+2. The second-order valence-electron chi connectivity index (χ2n) is 11.6. The van der Waals surface area contributed by atoms with Crippen LogP contribution in [0.3, 0.4) is 0 Å². The Morgan fingerprint density at radius 2 is 0.857 bits per heavy atom. The molecule has 42 heavy (non-hydrogen) atoms. The van der Waals surface area contributed by atoms with E-state index < -0.39 is 11.6 Å². The Balaban J connectivity index is 2.12. The zero-order valence-corrected chi connectivity index (χ0v) is 27.1. The van der Waals surface area contributed by atoms with Gasteiger partial charge in [-0.15, -0.1) is 0 Å². The second-order valence-corrected chi connectivity index (χ2v) is 11.6. The van der Waals surface area contributed by atoms with Crippen LogP contribution < -0.4 is 10.6 Å². The monoisotopic (exact) mass is 582 g/mol. The highest BCUT2D eigenvalue weighted by Crippen LogP contribution is 2.42. The lowest BCUT2D eigenvalue weighted by molar-refractivity contribution is -0.945. The van der Waals surface area contributed by atoms with Crippen molar-refractivity contribution in [2.24, 2.45) is 0 Å². The lowest BCUT2D eigenvalue weighted by Gasteiger charge is -2.43. The van der Waals surface area contributed by atoms with E-state index in [0.717, 1.165) is 61.1 Å². The third kappa shape index (κ3) is 5.76. The molecule has 0 aliphatic heterocycles. The van der Waals surface area contributed by atoms with Gasteiger partial charge in [0.15, 0.2) is 0 Å². The lowest BCUT2D eigenvalue weighted by Crippen LogP contribution is -2.57. The summed E-state index contributed by atoms with van der Waals surface area (Å²) in [5, 5.41) is 28.4. The summed E-state index contributed by atoms with van der Waals surface area (Å²) in [7, 11) is 0. The Morgan fingerprint density at radius 3 is 1.12 bits per heavy atom. The minimum Gasteiger partial charge on any atom is -0.507 e. The van der Waals surface area contributed by atoms with Gasteiger partial charge >= 0.3 is 0 Å². The van der Waals surface area contributed by atoms with E-state index in [1.54, 1.807) is 0 Å². The number of carbonyl (C=O) groups is 2. The molecule has 2 atom stereocenters. The molecule has 0 fully saturated rings. The van der Waals surface area contributed by atoms with Crippen LogP contribution in [0, 0.1) is 0 Å². The summed E-state index contributed by atoms with van der Waals surface area (Å²) in [5.41, 5.74) is 1.40. The quantitative estimate of drug-likeness (QED) is 0.122. The van der Waals surface area contributed by atoms with Gasteiger partial charge in [-0.25, -0.2) is 0 Å². The average Bonchev–Trinajstić information content (AvgIpc) is 3.01. The number of quaternary nitrogens is 2. The van der Waals surface area contributed by atoms with Gasteiger partial charge in [-0.2, -0.15) is 0 Å². The van der Waals surface area contributed by atoms with Crippen molar-refractivity contribution >= 4 is 22.9 Å². The van der Waals surface area contributed by atoms with Crippen molar-refractivity contribution in [2.75, 3.05) is 63.0 Å². The molecule has 0 radical (unpaired) electrons. The topological polar surface area (TPSA) is 98.7 Å². The molecule has 1 aliphatic rings. The second kappa shape index (κ2) is 13.9. The SMILES string of the molecule is CCC(CNc1ccc(NCC(CC)[N+](CC)(CC)CC)c2c1C(=O)c1c(O)ccc(O)c1C2=O)[N+](CC)(CC)CC. The number of anilines is 2. The summed E-state index contributed by atoms with van der Waals surface area (Å²) in [6.45, 7) is 25.1. The van der Waals surface area contributed by atoms with Crippen molar-refractivity contribution < 1.29 is 28.8 Å². The van der Waals surface area contributed by atoms with Crippen LogP contribution in [0.1, 0.15) is 100 Å². The first-order chi connectivity index (χ1) is 20.1. The number of nitrogens with one attached hydrogen (secondary N) is 2. The third-order valence-electron chi connectivity index (χ3n) is 10.6. The van der Waals surface area contributed by atoms with Crippen molar-refractivity contribution in [3.8, 4) is 11.5 Å². The van der Waals surface area contributed by atoms with Crippen LogP contribution >= 0.6 is 0 Å². The Morgan fingerprint density at radius 1 is 0.548 bits per heavy atom. The minimum atomic E-state index is -0.456. The normalized spacial score (nSPS) is 14.8. The number of aromatic hydroxyl groups is 2. The molecule has 2 aromatic rings. The van der Waals surface area contributed by atoms with Crippen molar-refractivity contribution in [3.05, 3.63) is 46.5 Å². The number of hydrogen-bond donors (Lipinski definition) is 4. The van der Waals surface area contributed by atoms with E-state index in [9.17, 15) is 19.8 Å². The number of fused-ring (bicyclic) bond motifs is 2. The van der Waals surface area contributed by atoms with E-state index in [0.29, 0.717) is 36.5 Å². The minimum absolute atomic E-state index is 0.134. The number of ketones is 2. The fraction of sp³-hybridized carbons (Fsp3) is 0.588. The van der Waals surface area contributed by atoms with E-state index in [2.05, 4.69) is 66.0 Å². The first-order valence-corrected chi connectivity index (χ1v) is 16.1. The highest BCUT2D eigenvalue weighted by molar-refractivity contribution is 6.33. The van der Waals surface area contributed by atoms with E-state index >= 15 is 0 Å². The van der Waals surface area contributed by atoms with Gasteiger partial charge in [-0.1, -0.05) is 13.8 Å². The molecule has 1 aliphatic carbocycles. The van der Waals surface area contributed by atoms with Crippen LogP contribution in [-0.4, -0.2) is 95.2 Å². The van der Waals surface area contributed by atoms with Gasteiger partial charge in [0.2, 0.25) is 11.6 Å². The number of phenolic OH excluding ortho intramolecular Hbond substituents is 2. The van der Waals surface area contributed by atoms with Crippen LogP contribution in [0.2, 0.25) is 0 Å². The van der Waals surface area contributed by atoms with E-state index in [1.807, 2.05) is 12.1 Å². The zero-order valence-electron chi connectivity index (χ0n) is 27.1. The Labute approximate surface area is 252 Å². The maximum atomic E-state index is 14.1. The molecule has 2 unspecified atom stereocenters. The summed E-state index contributed by atoms with van der Waals surface area (Å²) in [6, 6.07) is 6.95. The molecule has 0 saturated carbocycles. The van der Waals surface area contributed by atoms with Gasteiger partial charge in [0.1, 0.15) is 23.6 Å². The summed E-state index contributed by atoms with van der Waals surface area (Å²) in [6.07, 6.45) is 1.94. The molecule has 0 spiro atoms. The van der Waals surface area contributed by atoms with Gasteiger partial charge in [0.05, 0.1) is 74.6 Å². The van der Waals surface area contributed by atoms with Crippen molar-refractivity contribution in [1.29, 1.82) is 0 Å². The molecule has 232 valence electrons. The molecule has 0 bridgehead atoms. The van der Waals surface area contributed by atoms with E-state index in [-0.39, 0.29) is 33.8 Å². The van der Waals surface area contributed by atoms with Gasteiger partial charge < -0.3 is 29.8 Å². The predicted octanol–water partition coefficient (Wildman–Crippen LogP) is 6.01. The number of phenols is 2. The number of carbonyl (C=O) groups excluding carboxylic acids is 2. The highest BCUT2D eigenvalue weighted by atomic mass is 16.3. The number of hydrogen-bond acceptors (Lipinski definition) is 6. The largest absolute Gasteiger partial charge is 0.507 e. The fourth-order valence-corrected chi connectivity index (χ4v) is 7.46. The number of rotatable bonds is 16. The first kappa shape index (κ1) is 33.4. The van der Waals surface area contributed by atoms with Gasteiger partial charge in [0.25, 0.3) is 0 Å². The fourth-order valence-electron chi connectivity index (χ4n) is 7.46. The van der Waals surface area contributed by atoms with Crippen LogP contribution in [0.4, 0.5) is 11.4 Å². The van der Waals surface area contributed by atoms with Gasteiger partial charge in [0, 0.05) is 11.4 Å². The molecule has 8 heteroatoms. The Bertz CT molecular complexity index is 1150. The van der Waals surface area contributed by atoms with Crippen LogP contribution in [0.25, 0.3) is 0 Å². The summed E-state index contributed by atoms with van der Waals surface area (Å²) >= 11 is 0. The zero-order chi connectivity index (χ0) is 31.2. The molecule has 0 amide bonds. The smallest absolute Gasteiger partial charge is 0.200 e. The molecule has 2 aromatic carbocycles. The average molecular weight is 583 g/mol. The van der Waals surface area contributed by atoms with Crippen molar-refractivity contribution in [2.45, 2.75) is 80.3 Å². The van der Waals surface area contributed by atoms with Crippen LogP contribution in [-0.2, 0) is 0 Å². The van der Waals surface area contributed by atoms with Gasteiger partial charge in [-0.3, -0.25) is 9.59 Å². The summed E-state index contributed by atoms with van der Waals surface area (Å²) < 4.78 is 1.92. The molecule has 4 N–H and O–H groups in total. The Kier molecular flexibility index (Phi) is 11.1. The van der Waals surface area contributed by atoms with Crippen LogP contribution in [0.5, 0.6) is 11.5 Å². The molecule has 3 rings (SSSR count). The predicted molar refractivity (Wildman–Crippen MR) is 172 cm³/mol. The molecular weight excluding hydrogens is 528 g/mol.